The summed E-state index contributed by atoms with van der Waals surface area (Å²) in [6, 6.07) is 9.49. The van der Waals surface area contributed by atoms with Gasteiger partial charge >= 0.3 is 6.18 Å². The minimum atomic E-state index is -4.51. The van der Waals surface area contributed by atoms with Crippen LogP contribution >= 0.6 is 11.8 Å². The highest BCUT2D eigenvalue weighted by Crippen LogP contribution is 2.40. The maximum absolute atomic E-state index is 12.8. The fraction of sp³-hybridized carbons (Fsp3) is 0.250. The summed E-state index contributed by atoms with van der Waals surface area (Å²) in [6.45, 7) is -0.178. The number of thioether (sulfide) groups is 1. The molecule has 0 aromatic heterocycles. The van der Waals surface area contributed by atoms with Crippen molar-refractivity contribution in [3.63, 3.8) is 0 Å². The van der Waals surface area contributed by atoms with Crippen LogP contribution in [0.25, 0.3) is 0 Å². The Labute approximate surface area is 179 Å². The summed E-state index contributed by atoms with van der Waals surface area (Å²) in [6.07, 6.45) is -4.69. The van der Waals surface area contributed by atoms with Crippen LogP contribution in [-0.4, -0.2) is 36.6 Å². The predicted octanol–water partition coefficient (Wildman–Crippen LogP) is 3.27. The van der Waals surface area contributed by atoms with Gasteiger partial charge in [0, 0.05) is 30.1 Å². The molecule has 0 spiro atoms. The Morgan fingerprint density at radius 2 is 1.94 bits per heavy atom. The number of amides is 3. The Hall–Kier alpha value is -3.21. The Bertz CT molecular complexity index is 1010. The van der Waals surface area contributed by atoms with Crippen LogP contribution in [0.5, 0.6) is 5.75 Å². The van der Waals surface area contributed by atoms with E-state index >= 15 is 0 Å². The molecule has 3 amide bonds. The zero-order valence-electron chi connectivity index (χ0n) is 16.2. The number of alkyl halides is 3. The van der Waals surface area contributed by atoms with Crippen molar-refractivity contribution in [2.45, 2.75) is 22.7 Å². The number of carbonyl (C=O) groups excluding carboxylic acids is 3. The van der Waals surface area contributed by atoms with Gasteiger partial charge in [0.2, 0.25) is 11.8 Å². The number of benzene rings is 2. The first-order valence-corrected chi connectivity index (χ1v) is 9.96. The smallest absolute Gasteiger partial charge is 0.416 e. The first-order valence-electron chi connectivity index (χ1n) is 9.08. The third kappa shape index (κ3) is 5.91. The summed E-state index contributed by atoms with van der Waals surface area (Å²) in [5.74, 6) is -0.931. The number of fused-ring (bicyclic) bond motifs is 1. The fourth-order valence-electron chi connectivity index (χ4n) is 2.73. The lowest BCUT2D eigenvalue weighted by Gasteiger charge is -2.24. The number of nitrogens with one attached hydrogen (secondary N) is 3. The van der Waals surface area contributed by atoms with Crippen molar-refractivity contribution >= 4 is 40.9 Å². The predicted molar refractivity (Wildman–Crippen MR) is 109 cm³/mol. The van der Waals surface area contributed by atoms with Crippen LogP contribution in [0.15, 0.2) is 47.4 Å². The average molecular weight is 453 g/mol. The number of hydrogen-bond donors (Lipinski definition) is 3. The summed E-state index contributed by atoms with van der Waals surface area (Å²) in [4.78, 5) is 36.4. The molecule has 1 heterocycles. The third-order valence-corrected chi connectivity index (χ3v) is 5.54. The highest BCUT2D eigenvalue weighted by molar-refractivity contribution is 8.01. The molecule has 2 aromatic carbocycles. The van der Waals surface area contributed by atoms with Gasteiger partial charge in [-0.25, -0.2) is 0 Å². The molecule has 0 bridgehead atoms. The molecule has 0 radical (unpaired) electrons. The van der Waals surface area contributed by atoms with E-state index in [4.69, 9.17) is 4.74 Å². The van der Waals surface area contributed by atoms with E-state index < -0.39 is 28.8 Å². The Morgan fingerprint density at radius 1 is 1.16 bits per heavy atom. The van der Waals surface area contributed by atoms with Crippen molar-refractivity contribution in [1.29, 1.82) is 0 Å². The molecule has 3 rings (SSSR count). The standard InChI is InChI=1S/C20H18F3N3O4S/c1-24-18(28)10-30-13-4-2-3-12(8-13)25-17(27)9-16-19(29)26-14-7-11(20(21,22)23)5-6-15(14)31-16/h2-8,16H,9-10H2,1H3,(H,24,28)(H,25,27)(H,26,29). The highest BCUT2D eigenvalue weighted by Gasteiger charge is 2.34. The van der Waals surface area contributed by atoms with Gasteiger partial charge in [-0.1, -0.05) is 6.07 Å². The summed E-state index contributed by atoms with van der Waals surface area (Å²) < 4.78 is 43.8. The van der Waals surface area contributed by atoms with E-state index in [1.807, 2.05) is 0 Å². The average Bonchev–Trinajstić information content (AvgIpc) is 2.71. The highest BCUT2D eigenvalue weighted by atomic mass is 32.2. The largest absolute Gasteiger partial charge is 0.484 e. The van der Waals surface area contributed by atoms with Crippen LogP contribution in [0.4, 0.5) is 24.5 Å². The molecule has 31 heavy (non-hydrogen) atoms. The SMILES string of the molecule is CNC(=O)COc1cccc(NC(=O)CC2Sc3ccc(C(F)(F)F)cc3NC2=O)c1. The second-order valence-electron chi connectivity index (χ2n) is 6.55. The van der Waals surface area contributed by atoms with Crippen molar-refractivity contribution < 1.29 is 32.3 Å². The first kappa shape index (κ1) is 22.5. The zero-order valence-corrected chi connectivity index (χ0v) is 17.0. The summed E-state index contributed by atoms with van der Waals surface area (Å²) in [5.41, 5.74) is -0.375. The molecular formula is C20H18F3N3O4S. The third-order valence-electron chi connectivity index (χ3n) is 4.26. The van der Waals surface area contributed by atoms with Crippen LogP contribution in [0.2, 0.25) is 0 Å². The van der Waals surface area contributed by atoms with Gasteiger partial charge in [-0.2, -0.15) is 13.2 Å². The molecule has 0 fully saturated rings. The van der Waals surface area contributed by atoms with E-state index in [0.717, 1.165) is 23.9 Å². The molecule has 164 valence electrons. The van der Waals surface area contributed by atoms with Crippen molar-refractivity contribution in [2.75, 3.05) is 24.3 Å². The second kappa shape index (κ2) is 9.29. The minimum Gasteiger partial charge on any atom is -0.484 e. The number of halogens is 3. The van der Waals surface area contributed by atoms with Crippen LogP contribution < -0.4 is 20.7 Å². The Balaban J connectivity index is 1.61. The lowest BCUT2D eigenvalue weighted by molar-refractivity contribution is -0.137. The van der Waals surface area contributed by atoms with Gasteiger partial charge < -0.3 is 20.7 Å². The van der Waals surface area contributed by atoms with Crippen LogP contribution in [-0.2, 0) is 20.6 Å². The number of hydrogen-bond acceptors (Lipinski definition) is 5. The summed E-state index contributed by atoms with van der Waals surface area (Å²) in [7, 11) is 1.48. The van der Waals surface area contributed by atoms with Crippen molar-refractivity contribution in [3.05, 3.63) is 48.0 Å². The summed E-state index contributed by atoms with van der Waals surface area (Å²) in [5, 5.41) is 6.70. The van der Waals surface area contributed by atoms with Crippen LogP contribution in [0.1, 0.15) is 12.0 Å². The van der Waals surface area contributed by atoms with E-state index in [1.165, 1.54) is 19.2 Å². The Kier molecular flexibility index (Phi) is 6.74. The van der Waals surface area contributed by atoms with Gasteiger partial charge in [-0.05, 0) is 30.3 Å². The van der Waals surface area contributed by atoms with Gasteiger partial charge in [-0.3, -0.25) is 14.4 Å². The minimum absolute atomic E-state index is 0.0717. The van der Waals surface area contributed by atoms with E-state index in [1.54, 1.807) is 18.2 Å². The van der Waals surface area contributed by atoms with E-state index in [2.05, 4.69) is 16.0 Å². The quantitative estimate of drug-likeness (QED) is 0.624. The lowest BCUT2D eigenvalue weighted by Crippen LogP contribution is -2.32. The van der Waals surface area contributed by atoms with E-state index in [9.17, 15) is 27.6 Å². The van der Waals surface area contributed by atoms with Gasteiger partial charge in [0.1, 0.15) is 5.75 Å². The topological polar surface area (TPSA) is 96.5 Å². The van der Waals surface area contributed by atoms with Gasteiger partial charge in [0.15, 0.2) is 6.61 Å². The van der Waals surface area contributed by atoms with Gasteiger partial charge in [-0.15, -0.1) is 11.8 Å². The van der Waals surface area contributed by atoms with E-state index in [0.29, 0.717) is 16.3 Å². The molecule has 7 nitrogen and oxygen atoms in total. The Morgan fingerprint density at radius 3 is 2.65 bits per heavy atom. The van der Waals surface area contributed by atoms with E-state index in [-0.39, 0.29) is 24.6 Å². The number of likely N-dealkylation sites (N-methyl/N-ethyl adjacent to an activating group) is 1. The van der Waals surface area contributed by atoms with Crippen LogP contribution in [0, 0.1) is 0 Å². The van der Waals surface area contributed by atoms with Gasteiger partial charge in [0.05, 0.1) is 16.5 Å². The van der Waals surface area contributed by atoms with Crippen molar-refractivity contribution in [2.24, 2.45) is 0 Å². The molecule has 1 aliphatic heterocycles. The maximum atomic E-state index is 12.8. The molecule has 1 atom stereocenters. The molecular weight excluding hydrogens is 435 g/mol. The zero-order chi connectivity index (χ0) is 22.6. The first-order chi connectivity index (χ1) is 14.7. The maximum Gasteiger partial charge on any atom is 0.416 e. The monoisotopic (exact) mass is 453 g/mol. The molecule has 0 aliphatic carbocycles. The molecule has 1 unspecified atom stereocenters. The number of ether oxygens (including phenoxy) is 1. The lowest BCUT2D eigenvalue weighted by atomic mass is 10.1. The number of carbonyl (C=O) groups is 3. The number of anilines is 2. The second-order valence-corrected chi connectivity index (χ2v) is 7.79. The molecule has 11 heteroatoms. The molecule has 3 N–H and O–H groups in total. The van der Waals surface area contributed by atoms with Gasteiger partial charge in [0.25, 0.3) is 5.91 Å². The van der Waals surface area contributed by atoms with Crippen molar-refractivity contribution in [1.82, 2.24) is 5.32 Å². The normalized spacial score (nSPS) is 15.5. The van der Waals surface area contributed by atoms with Crippen LogP contribution in [0.3, 0.4) is 0 Å². The fourth-order valence-corrected chi connectivity index (χ4v) is 3.82. The molecule has 0 saturated carbocycles. The summed E-state index contributed by atoms with van der Waals surface area (Å²) >= 11 is 1.03. The number of rotatable bonds is 6. The van der Waals surface area contributed by atoms with Crippen molar-refractivity contribution in [3.8, 4) is 5.75 Å². The molecule has 2 aromatic rings. The molecule has 1 aliphatic rings. The molecule has 0 saturated heterocycles.